The van der Waals surface area contributed by atoms with E-state index in [9.17, 15) is 19.7 Å². The Kier molecular flexibility index (Phi) is 6.05. The molecule has 1 heterocycles. The van der Waals surface area contributed by atoms with Crippen LogP contribution in [0.5, 0.6) is 5.75 Å². The van der Waals surface area contributed by atoms with Gasteiger partial charge in [-0.15, -0.1) is 4.68 Å². The van der Waals surface area contributed by atoms with Crippen molar-refractivity contribution >= 4 is 34.4 Å². The number of benzene rings is 3. The number of aromatic amines is 1. The van der Waals surface area contributed by atoms with Crippen molar-refractivity contribution in [2.45, 2.75) is 13.5 Å². The maximum Gasteiger partial charge on any atom is 0.349 e. The summed E-state index contributed by atoms with van der Waals surface area (Å²) in [5, 5.41) is 15.9. The first-order chi connectivity index (χ1) is 15.8. The molecule has 0 bridgehead atoms. The third-order valence-electron chi connectivity index (χ3n) is 4.86. The van der Waals surface area contributed by atoms with Crippen molar-refractivity contribution in [3.05, 3.63) is 113 Å². The van der Waals surface area contributed by atoms with Crippen LogP contribution in [-0.4, -0.2) is 20.8 Å². The number of ether oxygens (including phenoxy) is 1. The monoisotopic (exact) mass is 464 g/mol. The Bertz CT molecular complexity index is 1510. The molecule has 0 aliphatic heterocycles. The summed E-state index contributed by atoms with van der Waals surface area (Å²) in [4.78, 5) is 38.6. The fraction of sp³-hybridized carbons (Fsp3) is 0.0870. The second-order valence-corrected chi connectivity index (χ2v) is 7.65. The summed E-state index contributed by atoms with van der Waals surface area (Å²) in [5.74, 6) is -0.0843. The summed E-state index contributed by atoms with van der Waals surface area (Å²) in [7, 11) is 0. The van der Waals surface area contributed by atoms with Gasteiger partial charge in [0.15, 0.2) is 0 Å². The maximum atomic E-state index is 12.7. The first kappa shape index (κ1) is 22.0. The SMILES string of the molecule is Cc1ccc(COc2c(C=Nn3c(=O)[nH]c4ccccc4c3=O)cc(Cl)cc2[N+](=O)[O-])cc1. The van der Waals surface area contributed by atoms with Crippen LogP contribution < -0.4 is 16.0 Å². The van der Waals surface area contributed by atoms with Crippen LogP contribution in [0.1, 0.15) is 16.7 Å². The number of H-pyrrole nitrogens is 1. The average molecular weight is 465 g/mol. The van der Waals surface area contributed by atoms with E-state index < -0.39 is 16.2 Å². The number of nitrogens with one attached hydrogen (secondary N) is 1. The van der Waals surface area contributed by atoms with Crippen molar-refractivity contribution in [2.75, 3.05) is 0 Å². The van der Waals surface area contributed by atoms with Gasteiger partial charge in [0.25, 0.3) is 5.56 Å². The minimum absolute atomic E-state index is 0.0557. The molecular weight excluding hydrogens is 448 g/mol. The Morgan fingerprint density at radius 2 is 1.88 bits per heavy atom. The molecule has 0 aliphatic rings. The zero-order chi connectivity index (χ0) is 23.5. The van der Waals surface area contributed by atoms with Gasteiger partial charge in [0.1, 0.15) is 6.61 Å². The van der Waals surface area contributed by atoms with Crippen LogP contribution in [0.4, 0.5) is 5.69 Å². The maximum absolute atomic E-state index is 12.7. The van der Waals surface area contributed by atoms with Crippen molar-refractivity contribution < 1.29 is 9.66 Å². The number of fused-ring (bicyclic) bond motifs is 1. The number of hydrogen-bond donors (Lipinski definition) is 1. The lowest BCUT2D eigenvalue weighted by atomic mass is 10.1. The second-order valence-electron chi connectivity index (χ2n) is 7.21. The molecule has 1 N–H and O–H groups in total. The standard InChI is InChI=1S/C23H17ClN4O5/c1-14-6-8-15(9-7-14)13-33-21-16(10-17(24)11-20(21)28(31)32)12-25-27-22(29)18-4-2-3-5-19(18)26-23(27)30/h2-12H,13H2,1H3,(H,26,30). The zero-order valence-corrected chi connectivity index (χ0v) is 18.1. The Labute approximate surface area is 191 Å². The van der Waals surface area contributed by atoms with Gasteiger partial charge in [-0.25, -0.2) is 4.79 Å². The molecule has 9 nitrogen and oxygen atoms in total. The van der Waals surface area contributed by atoms with Gasteiger partial charge in [-0.3, -0.25) is 14.9 Å². The van der Waals surface area contributed by atoms with E-state index in [1.165, 1.54) is 12.1 Å². The molecule has 3 aromatic carbocycles. The Hall–Kier alpha value is -4.24. The zero-order valence-electron chi connectivity index (χ0n) is 17.3. The molecule has 1 aromatic heterocycles. The van der Waals surface area contributed by atoms with Gasteiger partial charge in [-0.2, -0.15) is 5.10 Å². The van der Waals surface area contributed by atoms with E-state index in [4.69, 9.17) is 16.3 Å². The minimum Gasteiger partial charge on any atom is -0.481 e. The van der Waals surface area contributed by atoms with Gasteiger partial charge >= 0.3 is 11.4 Å². The largest absolute Gasteiger partial charge is 0.481 e. The molecule has 0 radical (unpaired) electrons. The predicted octanol–water partition coefficient (Wildman–Crippen LogP) is 4.02. The van der Waals surface area contributed by atoms with Gasteiger partial charge < -0.3 is 9.72 Å². The number of halogens is 1. The molecular formula is C23H17ClN4O5. The minimum atomic E-state index is -0.756. The number of nitrogens with zero attached hydrogens (tertiary/aromatic N) is 3. The summed E-state index contributed by atoms with van der Waals surface area (Å²) in [6, 6.07) is 16.6. The smallest absolute Gasteiger partial charge is 0.349 e. The molecule has 0 saturated heterocycles. The van der Waals surface area contributed by atoms with Crippen LogP contribution in [0.15, 0.2) is 75.4 Å². The number of nitro benzene ring substituents is 1. The highest BCUT2D eigenvalue weighted by Crippen LogP contribution is 2.34. The fourth-order valence-electron chi connectivity index (χ4n) is 3.21. The molecule has 0 unspecified atom stereocenters. The molecule has 33 heavy (non-hydrogen) atoms. The summed E-state index contributed by atoms with van der Waals surface area (Å²) in [6.45, 7) is 2.00. The average Bonchev–Trinajstić information content (AvgIpc) is 2.79. The topological polar surface area (TPSA) is 120 Å². The Morgan fingerprint density at radius 1 is 1.15 bits per heavy atom. The summed E-state index contributed by atoms with van der Waals surface area (Å²) in [6.07, 6.45) is 1.13. The molecule has 0 spiro atoms. The predicted molar refractivity (Wildman–Crippen MR) is 125 cm³/mol. The summed E-state index contributed by atoms with van der Waals surface area (Å²) in [5.41, 5.74) is 0.624. The molecule has 166 valence electrons. The van der Waals surface area contributed by atoms with Crippen LogP contribution in [0, 0.1) is 17.0 Å². The van der Waals surface area contributed by atoms with Crippen molar-refractivity contribution in [3.8, 4) is 5.75 Å². The lowest BCUT2D eigenvalue weighted by Crippen LogP contribution is -2.32. The van der Waals surface area contributed by atoms with Crippen molar-refractivity contribution in [1.29, 1.82) is 0 Å². The first-order valence-electron chi connectivity index (χ1n) is 9.78. The van der Waals surface area contributed by atoms with E-state index in [1.807, 2.05) is 31.2 Å². The van der Waals surface area contributed by atoms with E-state index >= 15 is 0 Å². The molecule has 0 aliphatic carbocycles. The third kappa shape index (κ3) is 4.68. The fourth-order valence-corrected chi connectivity index (χ4v) is 3.43. The van der Waals surface area contributed by atoms with Crippen LogP contribution in [0.25, 0.3) is 10.9 Å². The van der Waals surface area contributed by atoms with E-state index in [2.05, 4.69) is 10.1 Å². The Balaban J connectivity index is 1.77. The van der Waals surface area contributed by atoms with E-state index in [-0.39, 0.29) is 34.0 Å². The number of hydrogen-bond acceptors (Lipinski definition) is 6. The highest BCUT2D eigenvalue weighted by Gasteiger charge is 2.21. The second kappa shape index (κ2) is 9.09. The van der Waals surface area contributed by atoms with Crippen molar-refractivity contribution in [2.24, 2.45) is 5.10 Å². The molecule has 4 rings (SSSR count). The summed E-state index contributed by atoms with van der Waals surface area (Å²) >= 11 is 6.06. The number of rotatable bonds is 6. The normalized spacial score (nSPS) is 11.2. The Morgan fingerprint density at radius 3 is 2.61 bits per heavy atom. The van der Waals surface area contributed by atoms with Gasteiger partial charge in [-0.1, -0.05) is 53.6 Å². The molecule has 0 fully saturated rings. The van der Waals surface area contributed by atoms with Gasteiger partial charge in [0.2, 0.25) is 5.75 Å². The van der Waals surface area contributed by atoms with Crippen LogP contribution in [-0.2, 0) is 6.61 Å². The van der Waals surface area contributed by atoms with Crippen molar-refractivity contribution in [1.82, 2.24) is 9.66 Å². The van der Waals surface area contributed by atoms with Crippen LogP contribution in [0.2, 0.25) is 5.02 Å². The van der Waals surface area contributed by atoms with Crippen molar-refractivity contribution in [3.63, 3.8) is 0 Å². The highest BCUT2D eigenvalue weighted by molar-refractivity contribution is 6.31. The molecule has 0 saturated carbocycles. The molecule has 10 heteroatoms. The number of aromatic nitrogens is 2. The van der Waals surface area contributed by atoms with E-state index in [0.717, 1.165) is 17.3 Å². The highest BCUT2D eigenvalue weighted by atomic mass is 35.5. The van der Waals surface area contributed by atoms with Gasteiger partial charge in [0.05, 0.1) is 22.0 Å². The van der Waals surface area contributed by atoms with E-state index in [0.29, 0.717) is 10.2 Å². The quantitative estimate of drug-likeness (QED) is 0.262. The lowest BCUT2D eigenvalue weighted by molar-refractivity contribution is -0.385. The number of nitro groups is 1. The van der Waals surface area contributed by atoms with Gasteiger partial charge in [0, 0.05) is 16.7 Å². The summed E-state index contributed by atoms with van der Waals surface area (Å²) < 4.78 is 6.40. The number of aryl methyl sites for hydroxylation is 1. The molecule has 4 aromatic rings. The van der Waals surface area contributed by atoms with Crippen LogP contribution in [0.3, 0.4) is 0 Å². The molecule has 0 amide bonds. The molecule has 0 atom stereocenters. The van der Waals surface area contributed by atoms with Crippen LogP contribution >= 0.6 is 11.6 Å². The number of para-hydroxylation sites is 1. The first-order valence-corrected chi connectivity index (χ1v) is 10.2. The third-order valence-corrected chi connectivity index (χ3v) is 5.08. The van der Waals surface area contributed by atoms with E-state index in [1.54, 1.807) is 24.3 Å². The lowest BCUT2D eigenvalue weighted by Gasteiger charge is -2.11. The van der Waals surface area contributed by atoms with Gasteiger partial charge in [-0.05, 0) is 30.7 Å².